The largest absolute Gasteiger partial charge is 0.378 e. The number of carbonyl (C=O) groups excluding carboxylic acids is 1. The second kappa shape index (κ2) is 8.62. The van der Waals surface area contributed by atoms with Gasteiger partial charge in [-0.1, -0.05) is 24.3 Å². The van der Waals surface area contributed by atoms with E-state index in [2.05, 4.69) is 16.0 Å². The highest BCUT2D eigenvalue weighted by Gasteiger charge is 2.12. The Balaban J connectivity index is 1.75. The van der Waals surface area contributed by atoms with Gasteiger partial charge in [0.25, 0.3) is 5.69 Å². The SMILES string of the molecule is CC(NC(=O)NCCNc1ccccc1[N+](=O)[O-])c1ccc(F)cc1. The normalized spacial score (nSPS) is 11.4. The summed E-state index contributed by atoms with van der Waals surface area (Å²) in [6.07, 6.45) is 0. The highest BCUT2D eigenvalue weighted by molar-refractivity contribution is 5.74. The van der Waals surface area contributed by atoms with Crippen molar-refractivity contribution in [2.24, 2.45) is 0 Å². The number of halogens is 1. The van der Waals surface area contributed by atoms with Gasteiger partial charge in [0.1, 0.15) is 11.5 Å². The summed E-state index contributed by atoms with van der Waals surface area (Å²) in [6, 6.07) is 11.5. The second-order valence-electron chi connectivity index (χ2n) is 5.37. The Labute approximate surface area is 144 Å². The molecule has 0 saturated heterocycles. The first kappa shape index (κ1) is 18.2. The highest BCUT2D eigenvalue weighted by Crippen LogP contribution is 2.22. The lowest BCUT2D eigenvalue weighted by Gasteiger charge is -2.15. The average Bonchev–Trinajstić information content (AvgIpc) is 2.59. The van der Waals surface area contributed by atoms with Gasteiger partial charge in [-0.2, -0.15) is 0 Å². The van der Waals surface area contributed by atoms with Crippen molar-refractivity contribution in [3.05, 3.63) is 70.0 Å². The van der Waals surface area contributed by atoms with Crippen molar-refractivity contribution in [3.8, 4) is 0 Å². The third-order valence-electron chi connectivity index (χ3n) is 3.54. The molecule has 132 valence electrons. The fraction of sp³-hybridized carbons (Fsp3) is 0.235. The van der Waals surface area contributed by atoms with Crippen LogP contribution >= 0.6 is 0 Å². The Morgan fingerprint density at radius 1 is 1.16 bits per heavy atom. The predicted octanol–water partition coefficient (Wildman–Crippen LogP) is 3.21. The van der Waals surface area contributed by atoms with Crippen LogP contribution in [0, 0.1) is 15.9 Å². The van der Waals surface area contributed by atoms with Crippen LogP contribution in [0.4, 0.5) is 20.6 Å². The van der Waals surface area contributed by atoms with Crippen LogP contribution in [0.1, 0.15) is 18.5 Å². The fourth-order valence-electron chi connectivity index (χ4n) is 2.24. The molecular formula is C17H19FN4O3. The van der Waals surface area contributed by atoms with E-state index in [1.807, 2.05) is 0 Å². The second-order valence-corrected chi connectivity index (χ2v) is 5.37. The molecule has 2 amide bonds. The maximum atomic E-state index is 12.9. The Kier molecular flexibility index (Phi) is 6.27. The Morgan fingerprint density at radius 3 is 2.52 bits per heavy atom. The van der Waals surface area contributed by atoms with Crippen molar-refractivity contribution in [1.82, 2.24) is 10.6 Å². The van der Waals surface area contributed by atoms with Gasteiger partial charge in [-0.25, -0.2) is 9.18 Å². The van der Waals surface area contributed by atoms with Gasteiger partial charge in [0.15, 0.2) is 0 Å². The molecule has 2 aromatic rings. The van der Waals surface area contributed by atoms with Gasteiger partial charge in [-0.05, 0) is 30.7 Å². The fourth-order valence-corrected chi connectivity index (χ4v) is 2.24. The Hall–Kier alpha value is -3.16. The molecule has 25 heavy (non-hydrogen) atoms. The van der Waals surface area contributed by atoms with E-state index >= 15 is 0 Å². The lowest BCUT2D eigenvalue weighted by molar-refractivity contribution is -0.384. The van der Waals surface area contributed by atoms with Gasteiger partial charge in [0, 0.05) is 19.2 Å². The maximum Gasteiger partial charge on any atom is 0.315 e. The van der Waals surface area contributed by atoms with Gasteiger partial charge in [0.2, 0.25) is 0 Å². The number of urea groups is 1. The first-order chi connectivity index (χ1) is 12.0. The molecule has 0 saturated carbocycles. The van der Waals surface area contributed by atoms with E-state index in [1.165, 1.54) is 18.2 Å². The van der Waals surface area contributed by atoms with E-state index in [0.717, 1.165) is 5.56 Å². The predicted molar refractivity (Wildman–Crippen MR) is 92.9 cm³/mol. The minimum atomic E-state index is -0.465. The Morgan fingerprint density at radius 2 is 1.84 bits per heavy atom. The van der Waals surface area contributed by atoms with Gasteiger partial charge in [0.05, 0.1) is 11.0 Å². The van der Waals surface area contributed by atoms with E-state index in [4.69, 9.17) is 0 Å². The monoisotopic (exact) mass is 346 g/mol. The molecule has 0 aromatic heterocycles. The van der Waals surface area contributed by atoms with Gasteiger partial charge in [-0.15, -0.1) is 0 Å². The molecule has 0 aliphatic carbocycles. The summed E-state index contributed by atoms with van der Waals surface area (Å²) >= 11 is 0. The molecule has 0 heterocycles. The standard InChI is InChI=1S/C17H19FN4O3/c1-12(13-6-8-14(18)9-7-13)21-17(23)20-11-10-19-15-4-2-3-5-16(15)22(24)25/h2-9,12,19H,10-11H2,1H3,(H2,20,21,23). The topological polar surface area (TPSA) is 96.3 Å². The summed E-state index contributed by atoms with van der Waals surface area (Å²) in [5.74, 6) is -0.332. The number of rotatable bonds is 7. The van der Waals surface area contributed by atoms with E-state index in [0.29, 0.717) is 12.2 Å². The van der Waals surface area contributed by atoms with Crippen LogP contribution < -0.4 is 16.0 Å². The van der Waals surface area contributed by atoms with Crippen LogP contribution in [-0.2, 0) is 0 Å². The number of nitro groups is 1. The quantitative estimate of drug-likeness (QED) is 0.407. The summed E-state index contributed by atoms with van der Waals surface area (Å²) in [6.45, 7) is 2.41. The van der Waals surface area contributed by atoms with E-state index in [9.17, 15) is 19.3 Å². The summed E-state index contributed by atoms with van der Waals surface area (Å²) < 4.78 is 12.9. The highest BCUT2D eigenvalue weighted by atomic mass is 19.1. The molecule has 0 aliphatic heterocycles. The van der Waals surface area contributed by atoms with Crippen molar-refractivity contribution < 1.29 is 14.1 Å². The zero-order valence-electron chi connectivity index (χ0n) is 13.7. The summed E-state index contributed by atoms with van der Waals surface area (Å²) in [5.41, 5.74) is 1.17. The molecule has 0 bridgehead atoms. The van der Waals surface area contributed by atoms with Crippen molar-refractivity contribution >= 4 is 17.4 Å². The summed E-state index contributed by atoms with van der Waals surface area (Å²) in [7, 11) is 0. The van der Waals surface area contributed by atoms with E-state index in [-0.39, 0.29) is 30.1 Å². The molecule has 7 nitrogen and oxygen atoms in total. The van der Waals surface area contributed by atoms with E-state index in [1.54, 1.807) is 37.3 Å². The smallest absolute Gasteiger partial charge is 0.315 e. The molecule has 0 fully saturated rings. The van der Waals surface area contributed by atoms with Crippen LogP contribution in [0.15, 0.2) is 48.5 Å². The van der Waals surface area contributed by atoms with Crippen LogP contribution in [0.3, 0.4) is 0 Å². The average molecular weight is 346 g/mol. The lowest BCUT2D eigenvalue weighted by atomic mass is 10.1. The summed E-state index contributed by atoms with van der Waals surface area (Å²) in [4.78, 5) is 22.3. The van der Waals surface area contributed by atoms with Crippen molar-refractivity contribution in [1.29, 1.82) is 0 Å². The van der Waals surface area contributed by atoms with Crippen LogP contribution in [0.5, 0.6) is 0 Å². The lowest BCUT2D eigenvalue weighted by Crippen LogP contribution is -2.39. The molecule has 2 aromatic carbocycles. The number of nitrogens with zero attached hydrogens (tertiary/aromatic N) is 1. The summed E-state index contributed by atoms with van der Waals surface area (Å²) in [5, 5.41) is 19.2. The van der Waals surface area contributed by atoms with Crippen LogP contribution in [0.2, 0.25) is 0 Å². The maximum absolute atomic E-state index is 12.9. The van der Waals surface area contributed by atoms with E-state index < -0.39 is 4.92 Å². The zero-order chi connectivity index (χ0) is 18.2. The molecule has 8 heteroatoms. The number of hydrogen-bond donors (Lipinski definition) is 3. The number of nitro benzene ring substituents is 1. The van der Waals surface area contributed by atoms with Crippen molar-refractivity contribution in [2.45, 2.75) is 13.0 Å². The molecule has 2 rings (SSSR count). The zero-order valence-corrected chi connectivity index (χ0v) is 13.7. The molecule has 0 aliphatic rings. The number of nitrogens with one attached hydrogen (secondary N) is 3. The molecule has 1 atom stereocenters. The number of amides is 2. The van der Waals surface area contributed by atoms with Gasteiger partial charge in [-0.3, -0.25) is 10.1 Å². The Bertz CT molecular complexity index is 737. The first-order valence-electron chi connectivity index (χ1n) is 7.74. The van der Waals surface area contributed by atoms with Crippen molar-refractivity contribution in [3.63, 3.8) is 0 Å². The van der Waals surface area contributed by atoms with Gasteiger partial charge < -0.3 is 16.0 Å². The van der Waals surface area contributed by atoms with Crippen LogP contribution in [0.25, 0.3) is 0 Å². The number of carbonyl (C=O) groups is 1. The molecule has 0 spiro atoms. The molecule has 3 N–H and O–H groups in total. The van der Waals surface area contributed by atoms with Crippen LogP contribution in [-0.4, -0.2) is 24.0 Å². The molecule has 0 radical (unpaired) electrons. The third kappa shape index (κ3) is 5.45. The minimum Gasteiger partial charge on any atom is -0.378 e. The van der Waals surface area contributed by atoms with Crippen molar-refractivity contribution in [2.75, 3.05) is 18.4 Å². The number of para-hydroxylation sites is 2. The number of hydrogen-bond acceptors (Lipinski definition) is 4. The minimum absolute atomic E-state index is 0.0168. The number of anilines is 1. The van der Waals surface area contributed by atoms with Gasteiger partial charge >= 0.3 is 6.03 Å². The molecular weight excluding hydrogens is 327 g/mol. The molecule has 1 unspecified atom stereocenters. The number of benzene rings is 2. The first-order valence-corrected chi connectivity index (χ1v) is 7.74. The third-order valence-corrected chi connectivity index (χ3v) is 3.54.